The van der Waals surface area contributed by atoms with Crippen LogP contribution in [-0.4, -0.2) is 25.4 Å². The molecule has 0 fully saturated rings. The van der Waals surface area contributed by atoms with Gasteiger partial charge in [0.15, 0.2) is 0 Å². The average Bonchev–Trinajstić information content (AvgIpc) is 1.69. The van der Waals surface area contributed by atoms with Gasteiger partial charge in [0.1, 0.15) is 0 Å². The Balaban J connectivity index is -0.0000000326. The molecule has 0 bridgehead atoms. The van der Waals surface area contributed by atoms with E-state index in [1.807, 2.05) is 0 Å². The molecule has 64 valence electrons. The number of hydrogen-bond acceptors (Lipinski definition) is 3. The molecule has 0 N–H and O–H groups in total. The van der Waals surface area contributed by atoms with Crippen molar-refractivity contribution in [3.63, 3.8) is 0 Å². The Morgan fingerprint density at radius 3 is 1.30 bits per heavy atom. The normalized spacial score (nSPS) is 4.60. The fourth-order valence-electron chi connectivity index (χ4n) is 0. The number of carbonyl (C=O) groups excluding carboxylic acids is 1. The number of halogens is 2. The maximum atomic E-state index is 9.43. The van der Waals surface area contributed by atoms with Crippen molar-refractivity contribution in [2.24, 2.45) is 0 Å². The minimum atomic E-state index is -2.03. The molecule has 10 heavy (non-hydrogen) atoms. The van der Waals surface area contributed by atoms with Crippen molar-refractivity contribution in [1.82, 2.24) is 4.90 Å². The first kappa shape index (κ1) is 22.4. The summed E-state index contributed by atoms with van der Waals surface area (Å²) in [6.45, 7) is 0. The van der Waals surface area contributed by atoms with Crippen LogP contribution in [0.25, 0.3) is 0 Å². The maximum absolute atomic E-state index is 9.43. The van der Waals surface area contributed by atoms with Crippen molar-refractivity contribution < 1.29 is 54.9 Å². The second kappa shape index (κ2) is 22.8. The van der Waals surface area contributed by atoms with Gasteiger partial charge in [-0.05, 0) is 0 Å². The van der Waals surface area contributed by atoms with Crippen molar-refractivity contribution >= 4 is 6.41 Å². The Morgan fingerprint density at radius 2 is 1.30 bits per heavy atom. The number of amides is 1. The van der Waals surface area contributed by atoms with Crippen molar-refractivity contribution in [2.45, 2.75) is 0 Å². The van der Waals surface area contributed by atoms with Gasteiger partial charge in [0.2, 0.25) is 6.41 Å². The number of nitrogens with zero attached hydrogens (tertiary/aromatic N) is 1. The second-order valence-corrected chi connectivity index (χ2v) is 1.47. The molecule has 1 amide bonds. The molecule has 0 aromatic rings. The first-order valence-electron chi connectivity index (χ1n) is 1.72. The van der Waals surface area contributed by atoms with E-state index < -0.39 is 18.5 Å². The van der Waals surface area contributed by atoms with Gasteiger partial charge in [-0.1, -0.05) is 0 Å². The van der Waals surface area contributed by atoms with Crippen LogP contribution in [0.15, 0.2) is 0 Å². The molecule has 7 heteroatoms. The molecule has 0 aromatic carbocycles. The minimum absolute atomic E-state index is 0. The van der Waals surface area contributed by atoms with E-state index in [0.717, 1.165) is 6.41 Å². The summed E-state index contributed by atoms with van der Waals surface area (Å²) in [5.41, 5.74) is 0. The number of carbonyl (C=O) groups is 1. The Kier molecular flexibility index (Phi) is 51.1. The molecule has 0 aliphatic heterocycles. The van der Waals surface area contributed by atoms with E-state index in [9.17, 15) is 4.79 Å². The van der Waals surface area contributed by atoms with Gasteiger partial charge < -0.3 is 29.7 Å². The van der Waals surface area contributed by atoms with Crippen LogP contribution in [0, 0.1) is 0 Å². The van der Waals surface area contributed by atoms with Crippen molar-refractivity contribution in [1.29, 1.82) is 0 Å². The van der Waals surface area contributed by atoms with E-state index in [2.05, 4.69) is 0 Å². The summed E-state index contributed by atoms with van der Waals surface area (Å²) in [4.78, 5) is 10.9. The van der Waals surface area contributed by atoms with Crippen LogP contribution in [0.1, 0.15) is 0 Å². The van der Waals surface area contributed by atoms with Crippen LogP contribution in [0.2, 0.25) is 0 Å². The average molecular weight is 272 g/mol. The van der Waals surface area contributed by atoms with Gasteiger partial charge in [0.25, 0.3) is 0 Å². The molecular formula is C3H7Cl2MoNO3-2. The zero-order valence-electron chi connectivity index (χ0n) is 5.41. The summed E-state index contributed by atoms with van der Waals surface area (Å²) in [5.74, 6) is 0. The van der Waals surface area contributed by atoms with Crippen LogP contribution in [0.5, 0.6) is 0 Å². The Hall–Kier alpha value is 0.338. The predicted octanol–water partition coefficient (Wildman–Crippen LogP) is -6.53. The van der Waals surface area contributed by atoms with E-state index in [0.29, 0.717) is 0 Å². The van der Waals surface area contributed by atoms with Crippen LogP contribution < -0.4 is 24.8 Å². The summed E-state index contributed by atoms with van der Waals surface area (Å²) in [6, 6.07) is 0. The summed E-state index contributed by atoms with van der Waals surface area (Å²) < 4.78 is 17.0. The molecular weight excluding hydrogens is 265 g/mol. The molecule has 0 unspecified atom stereocenters. The molecule has 0 spiro atoms. The van der Waals surface area contributed by atoms with Crippen LogP contribution in [0.3, 0.4) is 0 Å². The van der Waals surface area contributed by atoms with Gasteiger partial charge in [-0.3, -0.25) is 4.79 Å². The third kappa shape index (κ3) is 82.1. The van der Waals surface area contributed by atoms with Crippen molar-refractivity contribution in [3.05, 3.63) is 0 Å². The summed E-state index contributed by atoms with van der Waals surface area (Å²) >= 11 is -2.03. The van der Waals surface area contributed by atoms with Crippen molar-refractivity contribution in [3.8, 4) is 0 Å². The monoisotopic (exact) mass is 273 g/mol. The van der Waals surface area contributed by atoms with Crippen LogP contribution in [0.4, 0.5) is 0 Å². The first-order chi connectivity index (χ1) is 3.68. The Bertz CT molecular complexity index is 93.7. The molecule has 0 aliphatic rings. The molecule has 0 radical (unpaired) electrons. The Labute approximate surface area is 80.3 Å². The SMILES string of the molecule is CN(C)C=O.[Cl-].[Cl-].[O]=[Mo]=[O]. The van der Waals surface area contributed by atoms with Crippen LogP contribution >= 0.6 is 0 Å². The van der Waals surface area contributed by atoms with E-state index >= 15 is 0 Å². The summed E-state index contributed by atoms with van der Waals surface area (Å²) in [7, 11) is 3.38. The van der Waals surface area contributed by atoms with E-state index in [-0.39, 0.29) is 24.8 Å². The second-order valence-electron chi connectivity index (χ2n) is 1.14. The molecule has 0 rings (SSSR count). The topological polar surface area (TPSA) is 54.5 Å². The fraction of sp³-hybridized carbons (Fsp3) is 0.667. The number of hydrogen-bond donors (Lipinski definition) is 0. The van der Waals surface area contributed by atoms with Gasteiger partial charge in [-0.2, -0.15) is 0 Å². The van der Waals surface area contributed by atoms with Gasteiger partial charge >= 0.3 is 25.3 Å². The first-order valence-corrected chi connectivity index (χ1v) is 3.36. The molecule has 4 nitrogen and oxygen atoms in total. The quantitative estimate of drug-likeness (QED) is 0.352. The van der Waals surface area contributed by atoms with Gasteiger partial charge in [0.05, 0.1) is 0 Å². The third-order valence-electron chi connectivity index (χ3n) is 0.211. The third-order valence-corrected chi connectivity index (χ3v) is 0.211. The van der Waals surface area contributed by atoms with Crippen LogP contribution in [-0.2, 0) is 30.1 Å². The number of rotatable bonds is 1. The molecule has 0 aromatic heterocycles. The van der Waals surface area contributed by atoms with E-state index in [4.69, 9.17) is 6.80 Å². The fourth-order valence-corrected chi connectivity index (χ4v) is 0. The summed E-state index contributed by atoms with van der Waals surface area (Å²) in [6.07, 6.45) is 0.750. The van der Waals surface area contributed by atoms with Gasteiger partial charge in [-0.15, -0.1) is 0 Å². The molecule has 0 atom stereocenters. The molecule has 0 aliphatic carbocycles. The predicted molar refractivity (Wildman–Crippen MR) is 21.1 cm³/mol. The van der Waals surface area contributed by atoms with Gasteiger partial charge in [-0.25, -0.2) is 0 Å². The van der Waals surface area contributed by atoms with Crippen molar-refractivity contribution in [2.75, 3.05) is 14.1 Å². The summed E-state index contributed by atoms with van der Waals surface area (Å²) in [5, 5.41) is 0. The molecule has 0 heterocycles. The van der Waals surface area contributed by atoms with E-state index in [1.54, 1.807) is 14.1 Å². The van der Waals surface area contributed by atoms with Gasteiger partial charge in [0, 0.05) is 14.1 Å². The van der Waals surface area contributed by atoms with E-state index in [1.165, 1.54) is 4.90 Å². The Morgan fingerprint density at radius 1 is 1.20 bits per heavy atom. The molecule has 0 saturated heterocycles. The standard InChI is InChI=1S/C3H7NO.2ClH.Mo.2O/c1-4(2)3-5;;;;;/h3H,1-2H3;2*1H;;;/p-2. The zero-order chi connectivity index (χ0) is 6.99. The zero-order valence-corrected chi connectivity index (χ0v) is 8.93. The molecule has 0 saturated carbocycles.